The lowest BCUT2D eigenvalue weighted by molar-refractivity contribution is 0.566. The standard InChI is InChI=1S/C12H15Cl2N3/c13-8-5-9(14)12(17-11(8)15)16-10(6-1-2-6)7-3-4-7/h5-7,10H,1-4H2,(H3,15,16,17). The average molecular weight is 272 g/mol. The third kappa shape index (κ3) is 2.45. The molecule has 0 unspecified atom stereocenters. The maximum absolute atomic E-state index is 6.13. The first-order valence-corrected chi connectivity index (χ1v) is 6.79. The van der Waals surface area contributed by atoms with Crippen molar-refractivity contribution < 1.29 is 0 Å². The van der Waals surface area contributed by atoms with E-state index >= 15 is 0 Å². The van der Waals surface area contributed by atoms with E-state index in [-0.39, 0.29) is 0 Å². The number of rotatable bonds is 4. The highest BCUT2D eigenvalue weighted by molar-refractivity contribution is 6.37. The molecule has 0 radical (unpaired) electrons. The maximum Gasteiger partial charge on any atom is 0.147 e. The lowest BCUT2D eigenvalue weighted by Crippen LogP contribution is -2.25. The zero-order valence-corrected chi connectivity index (χ0v) is 10.9. The van der Waals surface area contributed by atoms with Crippen molar-refractivity contribution in [1.82, 2.24) is 4.98 Å². The molecule has 2 saturated carbocycles. The number of anilines is 2. The van der Waals surface area contributed by atoms with Crippen molar-refractivity contribution in [2.75, 3.05) is 11.1 Å². The molecule has 92 valence electrons. The van der Waals surface area contributed by atoms with Crippen molar-refractivity contribution in [3.63, 3.8) is 0 Å². The summed E-state index contributed by atoms with van der Waals surface area (Å²) in [7, 11) is 0. The lowest BCUT2D eigenvalue weighted by atomic mass is 10.1. The minimum atomic E-state index is 0.337. The number of nitrogens with two attached hydrogens (primary N) is 1. The third-order valence-electron chi connectivity index (χ3n) is 3.52. The summed E-state index contributed by atoms with van der Waals surface area (Å²) in [4.78, 5) is 4.24. The second-order valence-corrected chi connectivity index (χ2v) is 5.85. The Bertz CT molecular complexity index is 430. The van der Waals surface area contributed by atoms with Gasteiger partial charge in [0.25, 0.3) is 0 Å². The normalized spacial score (nSPS) is 19.7. The number of nitrogens with zero attached hydrogens (tertiary/aromatic N) is 1. The summed E-state index contributed by atoms with van der Waals surface area (Å²) >= 11 is 12.0. The number of pyridine rings is 1. The first-order chi connectivity index (χ1) is 8.15. The van der Waals surface area contributed by atoms with E-state index in [1.165, 1.54) is 25.7 Å². The first kappa shape index (κ1) is 11.4. The van der Waals surface area contributed by atoms with Gasteiger partial charge >= 0.3 is 0 Å². The predicted octanol–water partition coefficient (Wildman–Crippen LogP) is 3.57. The van der Waals surface area contributed by atoms with E-state index < -0.39 is 0 Å². The van der Waals surface area contributed by atoms with Gasteiger partial charge in [-0.1, -0.05) is 23.2 Å². The molecule has 2 aliphatic carbocycles. The second kappa shape index (κ2) is 4.21. The molecule has 2 fully saturated rings. The number of hydrogen-bond donors (Lipinski definition) is 2. The number of aromatic nitrogens is 1. The van der Waals surface area contributed by atoms with Gasteiger partial charge in [-0.2, -0.15) is 0 Å². The summed E-state index contributed by atoms with van der Waals surface area (Å²) in [6, 6.07) is 2.17. The van der Waals surface area contributed by atoms with Crippen LogP contribution in [0.15, 0.2) is 6.07 Å². The van der Waals surface area contributed by atoms with Crippen molar-refractivity contribution in [2.45, 2.75) is 31.7 Å². The molecule has 17 heavy (non-hydrogen) atoms. The molecular formula is C12H15Cl2N3. The Labute approximate surface area is 111 Å². The highest BCUT2D eigenvalue weighted by Gasteiger charge is 2.41. The Morgan fingerprint density at radius 3 is 2.29 bits per heavy atom. The molecule has 1 aromatic rings. The van der Waals surface area contributed by atoms with Gasteiger partial charge in [-0.05, 0) is 43.6 Å². The Kier molecular flexibility index (Phi) is 2.83. The molecule has 3 nitrogen and oxygen atoms in total. The van der Waals surface area contributed by atoms with Crippen LogP contribution in [0.1, 0.15) is 25.7 Å². The molecule has 0 aromatic carbocycles. The predicted molar refractivity (Wildman–Crippen MR) is 71.5 cm³/mol. The minimum absolute atomic E-state index is 0.337. The van der Waals surface area contributed by atoms with Gasteiger partial charge in [0, 0.05) is 6.04 Å². The summed E-state index contributed by atoms with van der Waals surface area (Å²) in [6.45, 7) is 0. The van der Waals surface area contributed by atoms with Crippen molar-refractivity contribution in [2.24, 2.45) is 11.8 Å². The van der Waals surface area contributed by atoms with Crippen LogP contribution in [0.3, 0.4) is 0 Å². The van der Waals surface area contributed by atoms with E-state index in [4.69, 9.17) is 28.9 Å². The first-order valence-electron chi connectivity index (χ1n) is 6.03. The van der Waals surface area contributed by atoms with Gasteiger partial charge < -0.3 is 11.1 Å². The minimum Gasteiger partial charge on any atom is -0.382 e. The van der Waals surface area contributed by atoms with Gasteiger partial charge in [0.05, 0.1) is 10.0 Å². The van der Waals surface area contributed by atoms with E-state index in [0.29, 0.717) is 27.7 Å². The van der Waals surface area contributed by atoms with Gasteiger partial charge in [0.2, 0.25) is 0 Å². The SMILES string of the molecule is Nc1nc(NC(C2CC2)C2CC2)c(Cl)cc1Cl. The van der Waals surface area contributed by atoms with Crippen LogP contribution in [0.4, 0.5) is 11.6 Å². The Morgan fingerprint density at radius 1 is 1.18 bits per heavy atom. The Morgan fingerprint density at radius 2 is 1.76 bits per heavy atom. The fourth-order valence-electron chi connectivity index (χ4n) is 2.27. The summed E-state index contributed by atoms with van der Waals surface area (Å²) < 4.78 is 0. The van der Waals surface area contributed by atoms with Gasteiger partial charge in [-0.25, -0.2) is 4.98 Å². The summed E-state index contributed by atoms with van der Waals surface area (Å²) in [5, 5.41) is 4.42. The van der Waals surface area contributed by atoms with Gasteiger partial charge in [0.15, 0.2) is 0 Å². The topological polar surface area (TPSA) is 50.9 Å². The van der Waals surface area contributed by atoms with Crippen molar-refractivity contribution in [1.29, 1.82) is 0 Å². The zero-order chi connectivity index (χ0) is 12.0. The van der Waals surface area contributed by atoms with Crippen molar-refractivity contribution >= 4 is 34.8 Å². The molecule has 2 aliphatic rings. The molecule has 0 saturated heterocycles. The van der Waals surface area contributed by atoms with Crippen LogP contribution >= 0.6 is 23.2 Å². The quantitative estimate of drug-likeness (QED) is 0.880. The maximum atomic E-state index is 6.13. The Hall–Kier alpha value is -0.670. The summed E-state index contributed by atoms with van der Waals surface area (Å²) in [6.07, 6.45) is 5.26. The van der Waals surface area contributed by atoms with Crippen LogP contribution in [-0.4, -0.2) is 11.0 Å². The molecule has 1 aromatic heterocycles. The second-order valence-electron chi connectivity index (χ2n) is 5.03. The molecule has 1 heterocycles. The van der Waals surface area contributed by atoms with Crippen LogP contribution in [0, 0.1) is 11.8 Å². The number of nitrogen functional groups attached to an aromatic ring is 1. The van der Waals surface area contributed by atoms with Crippen molar-refractivity contribution in [3.05, 3.63) is 16.1 Å². The van der Waals surface area contributed by atoms with E-state index in [1.807, 2.05) is 0 Å². The van der Waals surface area contributed by atoms with Crippen molar-refractivity contribution in [3.8, 4) is 0 Å². The monoisotopic (exact) mass is 271 g/mol. The van der Waals surface area contributed by atoms with Gasteiger partial charge in [-0.15, -0.1) is 0 Å². The molecule has 0 amide bonds. The molecular weight excluding hydrogens is 257 g/mol. The molecule has 3 rings (SSSR count). The van der Waals surface area contributed by atoms with Gasteiger partial charge in [-0.3, -0.25) is 0 Å². The van der Waals surface area contributed by atoms with E-state index in [1.54, 1.807) is 6.07 Å². The fraction of sp³-hybridized carbons (Fsp3) is 0.583. The molecule has 0 aliphatic heterocycles. The van der Waals surface area contributed by atoms with E-state index in [9.17, 15) is 0 Å². The fourth-order valence-corrected chi connectivity index (χ4v) is 2.68. The van der Waals surface area contributed by atoms with E-state index in [2.05, 4.69) is 10.3 Å². The molecule has 5 heteroatoms. The number of hydrogen-bond acceptors (Lipinski definition) is 3. The molecule has 0 atom stereocenters. The number of halogens is 2. The number of nitrogens with one attached hydrogen (secondary N) is 1. The van der Waals surface area contributed by atoms with Crippen LogP contribution in [-0.2, 0) is 0 Å². The van der Waals surface area contributed by atoms with E-state index in [0.717, 1.165) is 11.8 Å². The largest absolute Gasteiger partial charge is 0.382 e. The summed E-state index contributed by atoms with van der Waals surface area (Å²) in [5.74, 6) is 2.59. The van der Waals surface area contributed by atoms with Crippen LogP contribution < -0.4 is 11.1 Å². The highest BCUT2D eigenvalue weighted by Crippen LogP contribution is 2.46. The van der Waals surface area contributed by atoms with Crippen LogP contribution in [0.5, 0.6) is 0 Å². The lowest BCUT2D eigenvalue weighted by Gasteiger charge is -2.19. The highest BCUT2D eigenvalue weighted by atomic mass is 35.5. The summed E-state index contributed by atoms with van der Waals surface area (Å²) in [5.41, 5.74) is 5.71. The smallest absolute Gasteiger partial charge is 0.147 e. The van der Waals surface area contributed by atoms with Crippen LogP contribution in [0.2, 0.25) is 10.0 Å². The Balaban J connectivity index is 1.81. The average Bonchev–Trinajstić information content (AvgIpc) is 3.15. The zero-order valence-electron chi connectivity index (χ0n) is 9.42. The van der Waals surface area contributed by atoms with Gasteiger partial charge in [0.1, 0.15) is 11.6 Å². The molecule has 0 spiro atoms. The van der Waals surface area contributed by atoms with Crippen LogP contribution in [0.25, 0.3) is 0 Å². The third-order valence-corrected chi connectivity index (χ3v) is 4.11. The molecule has 0 bridgehead atoms. The molecule has 3 N–H and O–H groups in total.